The number of hydrogen-bond acceptors (Lipinski definition) is 7. The van der Waals surface area contributed by atoms with Gasteiger partial charge in [-0.25, -0.2) is 9.38 Å². The fraction of sp³-hybridized carbons (Fsp3) is 0.310. The van der Waals surface area contributed by atoms with Gasteiger partial charge in [-0.3, -0.25) is 4.79 Å². The van der Waals surface area contributed by atoms with Crippen LogP contribution in [0.3, 0.4) is 0 Å². The third kappa shape index (κ3) is 5.46. The van der Waals surface area contributed by atoms with Crippen LogP contribution in [0.1, 0.15) is 23.6 Å². The normalized spacial score (nSPS) is 17.2. The van der Waals surface area contributed by atoms with E-state index < -0.39 is 41.7 Å². The molecule has 0 bridgehead atoms. The number of fused-ring (bicyclic) bond motifs is 1. The average molecular weight is 573 g/mol. The maximum absolute atomic E-state index is 15.1. The molecule has 0 aromatic heterocycles. The number of halogens is 4. The lowest BCUT2D eigenvalue weighted by Crippen LogP contribution is -2.55. The average Bonchev–Trinajstić information content (AvgIpc) is 2.96. The lowest BCUT2D eigenvalue weighted by atomic mass is 9.96. The van der Waals surface area contributed by atoms with Crippen molar-refractivity contribution >= 4 is 29.0 Å². The highest BCUT2D eigenvalue weighted by Crippen LogP contribution is 2.48. The quantitative estimate of drug-likeness (QED) is 0.380. The number of ether oxygens (including phenoxy) is 2. The minimum atomic E-state index is -4.73. The first-order valence-corrected chi connectivity index (χ1v) is 12.9. The number of aliphatic carboxylic acids is 1. The number of aliphatic imine (C=N–C) groups is 1. The van der Waals surface area contributed by atoms with Gasteiger partial charge in [0.2, 0.25) is 5.96 Å². The Kier molecular flexibility index (Phi) is 7.65. The van der Waals surface area contributed by atoms with E-state index in [1.54, 1.807) is 13.2 Å². The molecular weight excluding hydrogens is 544 g/mol. The number of anilines is 2. The van der Waals surface area contributed by atoms with Crippen molar-refractivity contribution < 1.29 is 36.9 Å². The zero-order valence-corrected chi connectivity index (χ0v) is 22.4. The summed E-state index contributed by atoms with van der Waals surface area (Å²) in [6.07, 6.45) is -5.25. The second kappa shape index (κ2) is 11.2. The molecular formula is C29H28F4N4O4. The Balaban J connectivity index is 1.61. The van der Waals surface area contributed by atoms with E-state index in [-0.39, 0.29) is 22.9 Å². The molecule has 41 heavy (non-hydrogen) atoms. The summed E-state index contributed by atoms with van der Waals surface area (Å²) in [7, 11) is 2.71. The van der Waals surface area contributed by atoms with Gasteiger partial charge in [-0.05, 0) is 30.3 Å². The van der Waals surface area contributed by atoms with E-state index in [2.05, 4.69) is 9.89 Å². The summed E-state index contributed by atoms with van der Waals surface area (Å²) >= 11 is 0. The standard InChI is InChI=1S/C29H28F4N4O4/c1-40-19-7-3-6-18(16-19)35-12-14-36(15-13-35)28-34-26-20(8-4-10-22(26)30)24(17-25(38)39)37(28)23-11-5-9-21(27(23)41-2)29(31,32)33/h3-11,16,24H,12-15,17H2,1-2H3,(H,38,39)/t24-/m0/s1. The predicted molar refractivity (Wildman–Crippen MR) is 146 cm³/mol. The number of carbonyl (C=O) groups is 1. The Bertz CT molecular complexity index is 1470. The van der Waals surface area contributed by atoms with Gasteiger partial charge in [0.05, 0.1) is 37.9 Å². The largest absolute Gasteiger partial charge is 0.497 e. The van der Waals surface area contributed by atoms with Crippen LogP contribution in [0.15, 0.2) is 65.7 Å². The van der Waals surface area contributed by atoms with E-state index in [0.29, 0.717) is 31.9 Å². The number of methoxy groups -OCH3 is 2. The number of alkyl halides is 3. The molecule has 0 radical (unpaired) electrons. The van der Waals surface area contributed by atoms with Crippen LogP contribution in [0.25, 0.3) is 0 Å². The Morgan fingerprint density at radius 2 is 1.66 bits per heavy atom. The third-order valence-corrected chi connectivity index (χ3v) is 7.23. The minimum absolute atomic E-state index is 0.0162. The number of guanidine groups is 1. The summed E-state index contributed by atoms with van der Waals surface area (Å²) in [4.78, 5) is 22.0. The molecule has 8 nitrogen and oxygen atoms in total. The van der Waals surface area contributed by atoms with Crippen molar-refractivity contribution in [2.75, 3.05) is 50.2 Å². The molecule has 1 saturated heterocycles. The predicted octanol–water partition coefficient (Wildman–Crippen LogP) is 5.71. The number of hydrogen-bond donors (Lipinski definition) is 1. The summed E-state index contributed by atoms with van der Waals surface area (Å²) in [5.74, 6) is -1.48. The lowest BCUT2D eigenvalue weighted by Gasteiger charge is -2.45. The Morgan fingerprint density at radius 1 is 0.976 bits per heavy atom. The number of benzene rings is 3. The van der Waals surface area contributed by atoms with E-state index in [1.807, 2.05) is 29.2 Å². The van der Waals surface area contributed by atoms with E-state index >= 15 is 4.39 Å². The molecule has 0 spiro atoms. The maximum atomic E-state index is 15.1. The maximum Gasteiger partial charge on any atom is 0.420 e. The summed E-state index contributed by atoms with van der Waals surface area (Å²) < 4.78 is 67.7. The van der Waals surface area contributed by atoms with Crippen molar-refractivity contribution in [3.05, 3.63) is 77.6 Å². The van der Waals surface area contributed by atoms with Gasteiger partial charge in [-0.2, -0.15) is 13.2 Å². The van der Waals surface area contributed by atoms with Crippen LogP contribution in [0.4, 0.5) is 34.6 Å². The van der Waals surface area contributed by atoms with Crippen LogP contribution in [-0.4, -0.2) is 62.3 Å². The van der Waals surface area contributed by atoms with Crippen LogP contribution in [0.2, 0.25) is 0 Å². The molecule has 0 aliphatic carbocycles. The Hall–Kier alpha value is -4.48. The number of nitrogens with zero attached hydrogens (tertiary/aromatic N) is 4. The van der Waals surface area contributed by atoms with E-state index in [9.17, 15) is 23.1 Å². The highest BCUT2D eigenvalue weighted by molar-refractivity contribution is 6.02. The first-order valence-electron chi connectivity index (χ1n) is 12.9. The van der Waals surface area contributed by atoms with Crippen molar-refractivity contribution in [1.82, 2.24) is 4.90 Å². The van der Waals surface area contributed by atoms with Gasteiger partial charge < -0.3 is 29.3 Å². The van der Waals surface area contributed by atoms with Crippen molar-refractivity contribution in [3.8, 4) is 11.5 Å². The minimum Gasteiger partial charge on any atom is -0.497 e. The molecule has 2 heterocycles. The Morgan fingerprint density at radius 3 is 2.32 bits per heavy atom. The zero-order chi connectivity index (χ0) is 29.3. The molecule has 1 atom stereocenters. The summed E-state index contributed by atoms with van der Waals surface area (Å²) in [6.45, 7) is 1.82. The number of carboxylic acids is 1. The van der Waals surface area contributed by atoms with Crippen LogP contribution in [-0.2, 0) is 11.0 Å². The SMILES string of the molecule is COc1cccc(N2CCN(C3=Nc4c(F)cccc4[C@H](CC(=O)O)N3c3cccc(C(F)(F)F)c3OC)CC2)c1. The van der Waals surface area contributed by atoms with Gasteiger partial charge in [-0.15, -0.1) is 0 Å². The van der Waals surface area contributed by atoms with Crippen molar-refractivity contribution in [2.24, 2.45) is 4.99 Å². The number of para-hydroxylation sites is 2. The first-order chi connectivity index (χ1) is 19.6. The molecule has 2 aliphatic heterocycles. The van der Waals surface area contributed by atoms with E-state index in [1.165, 1.54) is 29.2 Å². The first kappa shape index (κ1) is 28.1. The monoisotopic (exact) mass is 572 g/mol. The highest BCUT2D eigenvalue weighted by Gasteiger charge is 2.41. The molecule has 0 amide bonds. The Labute approximate surface area is 234 Å². The zero-order valence-electron chi connectivity index (χ0n) is 22.4. The number of carboxylic acid groups (broad SMARTS) is 1. The molecule has 5 rings (SSSR count). The summed E-state index contributed by atoms with van der Waals surface area (Å²) in [5, 5.41) is 9.83. The second-order valence-corrected chi connectivity index (χ2v) is 9.60. The van der Waals surface area contributed by atoms with Crippen molar-refractivity contribution in [2.45, 2.75) is 18.6 Å². The van der Waals surface area contributed by atoms with Gasteiger partial charge >= 0.3 is 12.1 Å². The van der Waals surface area contributed by atoms with Crippen molar-refractivity contribution in [1.29, 1.82) is 0 Å². The lowest BCUT2D eigenvalue weighted by molar-refractivity contribution is -0.139. The molecule has 3 aromatic rings. The van der Waals surface area contributed by atoms with Gasteiger partial charge in [0.1, 0.15) is 17.3 Å². The molecule has 0 saturated carbocycles. The van der Waals surface area contributed by atoms with E-state index in [4.69, 9.17) is 9.47 Å². The van der Waals surface area contributed by atoms with Gasteiger partial charge in [-0.1, -0.05) is 24.3 Å². The fourth-order valence-corrected chi connectivity index (χ4v) is 5.34. The molecule has 1 N–H and O–H groups in total. The molecule has 3 aromatic carbocycles. The van der Waals surface area contributed by atoms with Crippen LogP contribution < -0.4 is 19.3 Å². The van der Waals surface area contributed by atoms with Gasteiger partial charge in [0.25, 0.3) is 0 Å². The molecule has 2 aliphatic rings. The van der Waals surface area contributed by atoms with Crippen molar-refractivity contribution in [3.63, 3.8) is 0 Å². The molecule has 1 fully saturated rings. The highest BCUT2D eigenvalue weighted by atomic mass is 19.4. The molecule has 12 heteroatoms. The molecule has 216 valence electrons. The molecule has 0 unspecified atom stereocenters. The number of rotatable bonds is 6. The van der Waals surface area contributed by atoms with Gasteiger partial charge in [0, 0.05) is 43.5 Å². The third-order valence-electron chi connectivity index (χ3n) is 7.23. The second-order valence-electron chi connectivity index (χ2n) is 9.60. The number of piperazine rings is 1. The topological polar surface area (TPSA) is 77.8 Å². The summed E-state index contributed by atoms with van der Waals surface area (Å²) in [6, 6.07) is 14.3. The van der Waals surface area contributed by atoms with Crippen LogP contribution in [0, 0.1) is 5.82 Å². The van der Waals surface area contributed by atoms with Crippen LogP contribution in [0.5, 0.6) is 11.5 Å². The van der Waals surface area contributed by atoms with Crippen LogP contribution >= 0.6 is 0 Å². The summed E-state index contributed by atoms with van der Waals surface area (Å²) in [5.41, 5.74) is 0.124. The fourth-order valence-electron chi connectivity index (χ4n) is 5.34. The smallest absolute Gasteiger partial charge is 0.420 e. The van der Waals surface area contributed by atoms with Gasteiger partial charge in [0.15, 0.2) is 5.75 Å². The van der Waals surface area contributed by atoms with E-state index in [0.717, 1.165) is 18.9 Å².